The second kappa shape index (κ2) is 7.78. The highest BCUT2D eigenvalue weighted by Crippen LogP contribution is 2.26. The lowest BCUT2D eigenvalue weighted by atomic mass is 9.94. The molecule has 2 aromatic rings. The van der Waals surface area contributed by atoms with E-state index in [9.17, 15) is 4.79 Å². The standard InChI is InChI=1S/C19H27N5O/c1-4-17-20-10-12-24(17)18-9-5-8-16(21-18)15-7-6-11-23(13-15)14-19(25)22(2)3/h5,8-10,12,15H,4,6-7,11,13-14H2,1-3H3/t15-/m1/s1. The van der Waals surface area contributed by atoms with Crippen molar-refractivity contribution in [2.24, 2.45) is 0 Å². The van der Waals surface area contributed by atoms with Gasteiger partial charge in [0.25, 0.3) is 0 Å². The van der Waals surface area contributed by atoms with Gasteiger partial charge < -0.3 is 4.90 Å². The Labute approximate surface area is 149 Å². The van der Waals surface area contributed by atoms with Gasteiger partial charge >= 0.3 is 0 Å². The van der Waals surface area contributed by atoms with Crippen molar-refractivity contribution in [3.05, 3.63) is 42.1 Å². The SMILES string of the molecule is CCc1nccn1-c1cccc([C@@H]2CCCN(CC(=O)N(C)C)C2)n1. The van der Waals surface area contributed by atoms with Gasteiger partial charge in [0.2, 0.25) is 5.91 Å². The van der Waals surface area contributed by atoms with Crippen LogP contribution in [0.5, 0.6) is 0 Å². The van der Waals surface area contributed by atoms with E-state index in [0.29, 0.717) is 12.5 Å². The molecular formula is C19H27N5O. The number of amides is 1. The number of aryl methyl sites for hydroxylation is 1. The molecule has 0 N–H and O–H groups in total. The smallest absolute Gasteiger partial charge is 0.236 e. The van der Waals surface area contributed by atoms with Crippen LogP contribution in [0, 0.1) is 0 Å². The van der Waals surface area contributed by atoms with Gasteiger partial charge in [-0.2, -0.15) is 0 Å². The van der Waals surface area contributed by atoms with Gasteiger partial charge in [0.15, 0.2) is 0 Å². The summed E-state index contributed by atoms with van der Waals surface area (Å²) in [5.74, 6) is 2.48. The molecule has 1 aliphatic rings. The topological polar surface area (TPSA) is 54.3 Å². The predicted molar refractivity (Wildman–Crippen MR) is 97.8 cm³/mol. The monoisotopic (exact) mass is 341 g/mol. The molecule has 1 amide bonds. The first-order valence-electron chi connectivity index (χ1n) is 9.00. The van der Waals surface area contributed by atoms with Crippen LogP contribution in [0.1, 0.15) is 37.2 Å². The Balaban J connectivity index is 1.75. The highest BCUT2D eigenvalue weighted by molar-refractivity contribution is 5.77. The van der Waals surface area contributed by atoms with E-state index in [2.05, 4.69) is 33.5 Å². The maximum atomic E-state index is 12.0. The normalized spacial score (nSPS) is 18.3. The van der Waals surface area contributed by atoms with Crippen LogP contribution in [0.3, 0.4) is 0 Å². The van der Waals surface area contributed by atoms with Crippen LogP contribution in [-0.2, 0) is 11.2 Å². The highest BCUT2D eigenvalue weighted by atomic mass is 16.2. The van der Waals surface area contributed by atoms with Gasteiger partial charge in [-0.15, -0.1) is 0 Å². The van der Waals surface area contributed by atoms with Crippen LogP contribution in [-0.4, -0.2) is 64.0 Å². The molecule has 0 radical (unpaired) electrons. The summed E-state index contributed by atoms with van der Waals surface area (Å²) >= 11 is 0. The molecule has 1 atom stereocenters. The summed E-state index contributed by atoms with van der Waals surface area (Å²) in [5, 5.41) is 0. The number of imidazole rings is 1. The van der Waals surface area contributed by atoms with Crippen LogP contribution < -0.4 is 0 Å². The van der Waals surface area contributed by atoms with E-state index >= 15 is 0 Å². The molecule has 3 heterocycles. The number of nitrogens with zero attached hydrogens (tertiary/aromatic N) is 5. The molecule has 2 aromatic heterocycles. The molecule has 0 spiro atoms. The fourth-order valence-corrected chi connectivity index (χ4v) is 3.38. The molecule has 6 heteroatoms. The van der Waals surface area contributed by atoms with E-state index in [-0.39, 0.29) is 5.91 Å². The van der Waals surface area contributed by atoms with Crippen LogP contribution in [0.15, 0.2) is 30.6 Å². The van der Waals surface area contributed by atoms with E-state index in [1.165, 1.54) is 0 Å². The van der Waals surface area contributed by atoms with E-state index in [4.69, 9.17) is 4.98 Å². The van der Waals surface area contributed by atoms with Gasteiger partial charge in [0, 0.05) is 51.1 Å². The first-order chi connectivity index (χ1) is 12.1. The van der Waals surface area contributed by atoms with Crippen molar-refractivity contribution in [1.29, 1.82) is 0 Å². The third-order valence-electron chi connectivity index (χ3n) is 4.82. The van der Waals surface area contributed by atoms with Crippen molar-refractivity contribution in [3.8, 4) is 5.82 Å². The molecule has 0 saturated carbocycles. The Bertz CT molecular complexity index is 724. The van der Waals surface area contributed by atoms with Crippen LogP contribution in [0.25, 0.3) is 5.82 Å². The number of piperidine rings is 1. The van der Waals surface area contributed by atoms with Crippen LogP contribution >= 0.6 is 0 Å². The number of aromatic nitrogens is 3. The van der Waals surface area contributed by atoms with Crippen molar-refractivity contribution >= 4 is 5.91 Å². The fraction of sp³-hybridized carbons (Fsp3) is 0.526. The zero-order valence-corrected chi connectivity index (χ0v) is 15.4. The summed E-state index contributed by atoms with van der Waals surface area (Å²) < 4.78 is 2.06. The largest absolute Gasteiger partial charge is 0.348 e. The first kappa shape index (κ1) is 17.6. The molecular weight excluding hydrogens is 314 g/mol. The summed E-state index contributed by atoms with van der Waals surface area (Å²) in [4.78, 5) is 25.2. The van der Waals surface area contributed by atoms with Crippen LogP contribution in [0.4, 0.5) is 0 Å². The summed E-state index contributed by atoms with van der Waals surface area (Å²) in [6.07, 6.45) is 6.88. The third-order valence-corrected chi connectivity index (χ3v) is 4.82. The van der Waals surface area contributed by atoms with Crippen molar-refractivity contribution in [1.82, 2.24) is 24.3 Å². The molecule has 3 rings (SSSR count). The number of likely N-dealkylation sites (N-methyl/N-ethyl adjacent to an activating group) is 1. The second-order valence-corrected chi connectivity index (χ2v) is 6.85. The number of hydrogen-bond donors (Lipinski definition) is 0. The van der Waals surface area contributed by atoms with Gasteiger partial charge in [-0.1, -0.05) is 13.0 Å². The summed E-state index contributed by atoms with van der Waals surface area (Å²) in [5.41, 5.74) is 1.11. The quantitative estimate of drug-likeness (QED) is 0.836. The highest BCUT2D eigenvalue weighted by Gasteiger charge is 2.24. The molecule has 0 bridgehead atoms. The Morgan fingerprint density at radius 2 is 2.20 bits per heavy atom. The summed E-state index contributed by atoms with van der Waals surface area (Å²) in [6.45, 7) is 4.46. The van der Waals surface area contributed by atoms with Gasteiger partial charge in [-0.3, -0.25) is 14.3 Å². The Hall–Kier alpha value is -2.21. The Morgan fingerprint density at radius 1 is 1.36 bits per heavy atom. The van der Waals surface area contributed by atoms with Gasteiger partial charge in [-0.05, 0) is 31.5 Å². The number of likely N-dealkylation sites (tertiary alicyclic amines) is 1. The zero-order chi connectivity index (χ0) is 17.8. The molecule has 134 valence electrons. The fourth-order valence-electron chi connectivity index (χ4n) is 3.38. The zero-order valence-electron chi connectivity index (χ0n) is 15.4. The second-order valence-electron chi connectivity index (χ2n) is 6.85. The van der Waals surface area contributed by atoms with Gasteiger partial charge in [0.05, 0.1) is 6.54 Å². The lowest BCUT2D eigenvalue weighted by molar-refractivity contribution is -0.130. The minimum absolute atomic E-state index is 0.161. The van der Waals surface area contributed by atoms with Crippen LogP contribution in [0.2, 0.25) is 0 Å². The minimum atomic E-state index is 0.161. The molecule has 1 fully saturated rings. The Morgan fingerprint density at radius 3 is 2.96 bits per heavy atom. The van der Waals surface area contributed by atoms with Gasteiger partial charge in [-0.25, -0.2) is 9.97 Å². The summed E-state index contributed by atoms with van der Waals surface area (Å²) in [7, 11) is 3.62. The van der Waals surface area contributed by atoms with Crippen molar-refractivity contribution in [3.63, 3.8) is 0 Å². The lowest BCUT2D eigenvalue weighted by Crippen LogP contribution is -2.41. The molecule has 25 heavy (non-hydrogen) atoms. The van der Waals surface area contributed by atoms with E-state index in [0.717, 1.165) is 49.7 Å². The number of rotatable bonds is 5. The maximum absolute atomic E-state index is 12.0. The average Bonchev–Trinajstić information content (AvgIpc) is 3.11. The van der Waals surface area contributed by atoms with Crippen molar-refractivity contribution in [2.45, 2.75) is 32.1 Å². The molecule has 1 aliphatic heterocycles. The van der Waals surface area contributed by atoms with Crippen molar-refractivity contribution in [2.75, 3.05) is 33.7 Å². The number of carbonyl (C=O) groups excluding carboxylic acids is 1. The molecule has 0 aromatic carbocycles. The molecule has 0 aliphatic carbocycles. The number of carbonyl (C=O) groups is 1. The van der Waals surface area contributed by atoms with Crippen molar-refractivity contribution < 1.29 is 4.79 Å². The molecule has 1 saturated heterocycles. The molecule has 6 nitrogen and oxygen atoms in total. The average molecular weight is 341 g/mol. The third kappa shape index (κ3) is 4.07. The predicted octanol–water partition coefficient (Wildman–Crippen LogP) is 2.10. The first-order valence-corrected chi connectivity index (χ1v) is 9.00. The summed E-state index contributed by atoms with van der Waals surface area (Å²) in [6, 6.07) is 6.20. The van der Waals surface area contributed by atoms with E-state index in [1.54, 1.807) is 4.90 Å². The number of hydrogen-bond acceptors (Lipinski definition) is 4. The molecule has 0 unspecified atom stereocenters. The maximum Gasteiger partial charge on any atom is 0.236 e. The van der Waals surface area contributed by atoms with E-state index in [1.807, 2.05) is 32.6 Å². The minimum Gasteiger partial charge on any atom is -0.348 e. The Kier molecular flexibility index (Phi) is 5.48. The van der Waals surface area contributed by atoms with E-state index < -0.39 is 0 Å². The lowest BCUT2D eigenvalue weighted by Gasteiger charge is -2.32. The number of pyridine rings is 1. The van der Waals surface area contributed by atoms with Gasteiger partial charge in [0.1, 0.15) is 11.6 Å².